The number of hydrogen-bond acceptors (Lipinski definition) is 4. The van der Waals surface area contributed by atoms with Crippen LogP contribution < -0.4 is 5.32 Å². The van der Waals surface area contributed by atoms with Crippen LogP contribution >= 0.6 is 15.9 Å². The fourth-order valence-corrected chi connectivity index (χ4v) is 4.30. The molecule has 1 atom stereocenters. The first-order chi connectivity index (χ1) is 15.6. The molecule has 2 amide bonds. The van der Waals surface area contributed by atoms with Crippen molar-refractivity contribution < 1.29 is 33.0 Å². The third-order valence-corrected chi connectivity index (χ3v) is 5.62. The maximum atomic E-state index is 13.2. The molecule has 10 heteroatoms. The summed E-state index contributed by atoms with van der Waals surface area (Å²) in [5.41, 5.74) is 4.11. The predicted octanol–water partition coefficient (Wildman–Crippen LogP) is 4.20. The van der Waals surface area contributed by atoms with Gasteiger partial charge in [0.15, 0.2) is 0 Å². The highest BCUT2D eigenvalue weighted by Crippen LogP contribution is 2.44. The number of aliphatic carboxylic acids is 1. The molecule has 1 aliphatic carbocycles. The van der Waals surface area contributed by atoms with Crippen molar-refractivity contribution in [2.24, 2.45) is 0 Å². The molecule has 0 fully saturated rings. The van der Waals surface area contributed by atoms with Crippen LogP contribution in [0.5, 0.6) is 0 Å². The Morgan fingerprint density at radius 1 is 1.12 bits per heavy atom. The van der Waals surface area contributed by atoms with Crippen LogP contribution in [0.2, 0.25) is 0 Å². The smallest absolute Gasteiger partial charge is 0.407 e. The highest BCUT2D eigenvalue weighted by Gasteiger charge is 2.33. The molecule has 3 rings (SSSR count). The molecule has 0 aliphatic heterocycles. The Kier molecular flexibility index (Phi) is 7.68. The van der Waals surface area contributed by atoms with Gasteiger partial charge in [-0.2, -0.15) is 8.78 Å². The number of carboxylic acids is 1. The molecule has 176 valence electrons. The zero-order chi connectivity index (χ0) is 24.2. The second-order valence-corrected chi connectivity index (χ2v) is 8.92. The van der Waals surface area contributed by atoms with Crippen molar-refractivity contribution in [2.45, 2.75) is 29.6 Å². The molecular weight excluding hydrogens is 502 g/mol. The Labute approximate surface area is 197 Å². The van der Waals surface area contributed by atoms with Crippen molar-refractivity contribution in [3.63, 3.8) is 0 Å². The molecule has 2 aromatic rings. The fourth-order valence-electron chi connectivity index (χ4n) is 3.92. The van der Waals surface area contributed by atoms with Crippen molar-refractivity contribution in [2.75, 3.05) is 20.2 Å². The molecule has 0 bridgehead atoms. The van der Waals surface area contributed by atoms with E-state index in [9.17, 15) is 23.2 Å². The Morgan fingerprint density at radius 2 is 1.67 bits per heavy atom. The number of rotatable bonds is 9. The highest BCUT2D eigenvalue weighted by atomic mass is 79.9. The number of carboxylic acid groups (broad SMARTS) is 1. The summed E-state index contributed by atoms with van der Waals surface area (Å²) < 4.78 is 31.8. The lowest BCUT2D eigenvalue weighted by Gasteiger charge is -2.26. The van der Waals surface area contributed by atoms with Crippen molar-refractivity contribution in [1.82, 2.24) is 10.2 Å². The number of alkyl carbamates (subject to hydrolysis) is 1. The predicted molar refractivity (Wildman–Crippen MR) is 120 cm³/mol. The van der Waals surface area contributed by atoms with Crippen LogP contribution in [0.1, 0.15) is 29.9 Å². The number of nitrogens with one attached hydrogen (secondary N) is 1. The number of halogens is 3. The molecule has 0 aromatic heterocycles. The van der Waals surface area contributed by atoms with E-state index >= 15 is 0 Å². The summed E-state index contributed by atoms with van der Waals surface area (Å²) in [6, 6.07) is 14.2. The molecule has 0 spiro atoms. The molecule has 2 N–H and O–H groups in total. The first kappa shape index (κ1) is 24.6. The van der Waals surface area contributed by atoms with Crippen LogP contribution in [0.25, 0.3) is 11.1 Å². The molecule has 2 aromatic carbocycles. The summed E-state index contributed by atoms with van der Waals surface area (Å²) in [5, 5.41) is 11.3. The van der Waals surface area contributed by atoms with Crippen molar-refractivity contribution >= 4 is 33.9 Å². The number of fused-ring (bicyclic) bond motifs is 3. The van der Waals surface area contributed by atoms with Gasteiger partial charge in [0.25, 0.3) is 0 Å². The van der Waals surface area contributed by atoms with Crippen LogP contribution in [0, 0.1) is 0 Å². The number of nitrogens with zero attached hydrogens (tertiary/aromatic N) is 1. The topological polar surface area (TPSA) is 95.9 Å². The number of benzene rings is 2. The van der Waals surface area contributed by atoms with Crippen LogP contribution in [0.4, 0.5) is 13.6 Å². The van der Waals surface area contributed by atoms with E-state index in [-0.39, 0.29) is 18.9 Å². The summed E-state index contributed by atoms with van der Waals surface area (Å²) >= 11 is 2.17. The molecule has 0 heterocycles. The third-order valence-electron chi connectivity index (χ3n) is 5.37. The zero-order valence-electron chi connectivity index (χ0n) is 17.8. The van der Waals surface area contributed by atoms with Gasteiger partial charge in [0, 0.05) is 19.4 Å². The lowest BCUT2D eigenvalue weighted by Crippen LogP contribution is -2.49. The van der Waals surface area contributed by atoms with Gasteiger partial charge >= 0.3 is 16.9 Å². The molecule has 1 unspecified atom stereocenters. The summed E-state index contributed by atoms with van der Waals surface area (Å²) in [4.78, 5) is 33.4. The number of carbonyl (C=O) groups is 3. The highest BCUT2D eigenvalue weighted by molar-refractivity contribution is 9.10. The maximum Gasteiger partial charge on any atom is 0.407 e. The SMILES string of the molecule is CN(CC(F)(F)Br)C(=O)C(CCC(=O)O)NC(=O)OCC1c2ccccc2-c2ccccc21. The molecule has 1 aliphatic rings. The van der Waals surface area contributed by atoms with E-state index < -0.39 is 41.8 Å². The largest absolute Gasteiger partial charge is 0.481 e. The van der Waals surface area contributed by atoms with E-state index in [1.165, 1.54) is 0 Å². The second-order valence-electron chi connectivity index (χ2n) is 7.76. The molecular formula is C23H23BrF2N2O5. The van der Waals surface area contributed by atoms with E-state index in [1.807, 2.05) is 48.5 Å². The monoisotopic (exact) mass is 524 g/mol. The maximum absolute atomic E-state index is 13.2. The Bertz CT molecular complexity index is 998. The second kappa shape index (κ2) is 10.3. The average molecular weight is 525 g/mol. The number of likely N-dealkylation sites (N-methyl/N-ethyl adjacent to an activating group) is 1. The van der Waals surface area contributed by atoms with Crippen LogP contribution in [-0.4, -0.2) is 59.0 Å². The van der Waals surface area contributed by atoms with Gasteiger partial charge in [0.2, 0.25) is 5.91 Å². The van der Waals surface area contributed by atoms with Gasteiger partial charge < -0.3 is 20.1 Å². The zero-order valence-corrected chi connectivity index (χ0v) is 19.3. The molecule has 7 nitrogen and oxygen atoms in total. The lowest BCUT2D eigenvalue weighted by molar-refractivity contribution is -0.138. The van der Waals surface area contributed by atoms with E-state index in [2.05, 4.69) is 21.2 Å². The van der Waals surface area contributed by atoms with Gasteiger partial charge in [-0.3, -0.25) is 9.59 Å². The number of alkyl halides is 3. The lowest BCUT2D eigenvalue weighted by atomic mass is 9.98. The molecule has 33 heavy (non-hydrogen) atoms. The van der Waals surface area contributed by atoms with Crippen molar-refractivity contribution in [3.05, 3.63) is 59.7 Å². The molecule has 0 saturated heterocycles. The Hall–Kier alpha value is -3.01. The van der Waals surface area contributed by atoms with Crippen molar-refractivity contribution in [3.8, 4) is 11.1 Å². The minimum absolute atomic E-state index is 0.00495. The fraction of sp³-hybridized carbons (Fsp3) is 0.348. The van der Waals surface area contributed by atoms with Gasteiger partial charge in [-0.1, -0.05) is 48.5 Å². The minimum Gasteiger partial charge on any atom is -0.481 e. The standard InChI is InChI=1S/C23H23BrF2N2O5/c1-28(13-23(24,25)26)21(31)19(10-11-20(29)30)27-22(32)33-12-18-16-8-4-2-6-14(16)15-7-3-5-9-17(15)18/h2-9,18-19H,10-13H2,1H3,(H,27,32)(H,29,30). The first-order valence-electron chi connectivity index (χ1n) is 10.2. The minimum atomic E-state index is -3.32. The van der Waals surface area contributed by atoms with Crippen LogP contribution in [-0.2, 0) is 14.3 Å². The molecule has 0 saturated carbocycles. The first-order valence-corrected chi connectivity index (χ1v) is 11.0. The van der Waals surface area contributed by atoms with Gasteiger partial charge in [0.1, 0.15) is 12.6 Å². The van der Waals surface area contributed by atoms with E-state index in [4.69, 9.17) is 9.84 Å². The van der Waals surface area contributed by atoms with Gasteiger partial charge in [-0.25, -0.2) is 4.79 Å². The normalized spacial score (nSPS) is 13.6. The Morgan fingerprint density at radius 3 is 2.18 bits per heavy atom. The van der Waals surface area contributed by atoms with E-state index in [0.29, 0.717) is 0 Å². The number of ether oxygens (including phenoxy) is 1. The van der Waals surface area contributed by atoms with Crippen LogP contribution in [0.15, 0.2) is 48.5 Å². The third kappa shape index (κ3) is 6.28. The number of hydrogen-bond donors (Lipinski definition) is 2. The van der Waals surface area contributed by atoms with E-state index in [1.54, 1.807) is 0 Å². The summed E-state index contributed by atoms with van der Waals surface area (Å²) in [6.45, 7) is -0.948. The van der Waals surface area contributed by atoms with Crippen molar-refractivity contribution in [1.29, 1.82) is 0 Å². The summed E-state index contributed by atoms with van der Waals surface area (Å²) in [6.07, 6.45) is -1.63. The van der Waals surface area contributed by atoms with Crippen LogP contribution in [0.3, 0.4) is 0 Å². The Balaban J connectivity index is 1.68. The van der Waals surface area contributed by atoms with E-state index in [0.717, 1.165) is 34.2 Å². The number of amides is 2. The van der Waals surface area contributed by atoms with Gasteiger partial charge in [0.05, 0.1) is 6.54 Å². The number of carbonyl (C=O) groups excluding carboxylic acids is 2. The summed E-state index contributed by atoms with van der Waals surface area (Å²) in [5.74, 6) is -2.23. The van der Waals surface area contributed by atoms with Gasteiger partial charge in [-0.05, 0) is 44.6 Å². The average Bonchev–Trinajstić information content (AvgIpc) is 3.07. The summed E-state index contributed by atoms with van der Waals surface area (Å²) in [7, 11) is 1.14. The quantitative estimate of drug-likeness (QED) is 0.479. The molecule has 0 radical (unpaired) electrons. The van der Waals surface area contributed by atoms with Gasteiger partial charge in [-0.15, -0.1) is 0 Å².